The second-order valence-electron chi connectivity index (χ2n) is 9.67. The summed E-state index contributed by atoms with van der Waals surface area (Å²) >= 11 is 10.9. The molecule has 3 heterocycles. The molecule has 0 bridgehead atoms. The first-order valence-electron chi connectivity index (χ1n) is 12.8. The van der Waals surface area contributed by atoms with E-state index in [1.165, 1.54) is 44.2 Å². The Kier molecular flexibility index (Phi) is 8.60. The van der Waals surface area contributed by atoms with Crippen LogP contribution >= 0.6 is 38.9 Å². The van der Waals surface area contributed by atoms with Crippen LogP contribution in [0.25, 0.3) is 11.2 Å². The van der Waals surface area contributed by atoms with Gasteiger partial charge in [-0.2, -0.15) is 0 Å². The maximum atomic E-state index is 12.8. The molecule has 12 heteroatoms. The van der Waals surface area contributed by atoms with Crippen LogP contribution in [0.5, 0.6) is 5.75 Å². The lowest BCUT2D eigenvalue weighted by atomic mass is 9.87. The first kappa shape index (κ1) is 28.1. The molecule has 0 radical (unpaired) electrons. The normalized spacial score (nSPS) is 14.5. The number of carbonyl (C=O) groups is 1. The van der Waals surface area contributed by atoms with E-state index in [1.807, 2.05) is 29.7 Å². The van der Waals surface area contributed by atoms with Crippen molar-refractivity contribution < 1.29 is 17.9 Å². The Morgan fingerprint density at radius 3 is 2.67 bits per heavy atom. The van der Waals surface area contributed by atoms with Gasteiger partial charge in [-0.05, 0) is 77.2 Å². The molecule has 0 atom stereocenters. The molecule has 0 unspecified atom stereocenters. The Bertz CT molecular complexity index is 1610. The average molecular weight is 652 g/mol. The summed E-state index contributed by atoms with van der Waals surface area (Å²) in [5.74, 6) is 1.36. The number of nitrogens with one attached hydrogen (secondary N) is 1. The van der Waals surface area contributed by atoms with E-state index >= 15 is 0 Å². The van der Waals surface area contributed by atoms with Crippen LogP contribution in [0.15, 0.2) is 50.5 Å². The number of hydrogen-bond donors (Lipinski definition) is 1. The van der Waals surface area contributed by atoms with Gasteiger partial charge in [0.15, 0.2) is 5.65 Å². The Balaban J connectivity index is 1.30. The van der Waals surface area contributed by atoms with Crippen molar-refractivity contribution in [1.29, 1.82) is 0 Å². The third kappa shape index (κ3) is 6.65. The van der Waals surface area contributed by atoms with Gasteiger partial charge in [0.25, 0.3) is 15.9 Å². The standard InChI is InChI=1S/C27H28BrClN4O4S2/c1-17-30-22-9-10-23(27(34)32-39(35,36)25-12-11-24(28)38-25)31-26(22)33(17)16-19-7-8-20(15-21(19)29)37-14-13-18-5-3-2-4-6-18/h7-12,15,18H,2-6,13-14,16H2,1H3,(H,32,34). The Hall–Kier alpha value is -2.47. The fraction of sp³-hybridized carbons (Fsp3) is 0.370. The number of imidazole rings is 1. The number of rotatable bonds is 9. The average Bonchev–Trinajstić information content (AvgIpc) is 3.49. The summed E-state index contributed by atoms with van der Waals surface area (Å²) < 4.78 is 35.8. The van der Waals surface area contributed by atoms with Crippen LogP contribution in [0, 0.1) is 12.8 Å². The number of ether oxygens (including phenoxy) is 1. The molecule has 39 heavy (non-hydrogen) atoms. The molecule has 8 nitrogen and oxygen atoms in total. The second-order valence-corrected chi connectivity index (χ2v) is 14.5. The van der Waals surface area contributed by atoms with Gasteiger partial charge in [0, 0.05) is 5.02 Å². The molecule has 5 rings (SSSR count). The van der Waals surface area contributed by atoms with Gasteiger partial charge < -0.3 is 9.30 Å². The van der Waals surface area contributed by atoms with Gasteiger partial charge >= 0.3 is 0 Å². The van der Waals surface area contributed by atoms with E-state index in [0.717, 1.165) is 35.0 Å². The summed E-state index contributed by atoms with van der Waals surface area (Å²) in [6.07, 6.45) is 7.64. The number of hydrogen-bond acceptors (Lipinski definition) is 7. The van der Waals surface area contributed by atoms with Crippen LogP contribution in [0.1, 0.15) is 60.4 Å². The molecule has 3 aromatic heterocycles. The number of fused-ring (bicyclic) bond motifs is 1. The molecular formula is C27H28BrClN4O4S2. The number of thiophene rings is 1. The first-order chi connectivity index (χ1) is 18.7. The summed E-state index contributed by atoms with van der Waals surface area (Å²) in [6, 6.07) is 11.8. The highest BCUT2D eigenvalue weighted by atomic mass is 79.9. The van der Waals surface area contributed by atoms with Crippen molar-refractivity contribution in [2.45, 2.75) is 56.2 Å². The number of aryl methyl sites for hydroxylation is 1. The molecule has 1 N–H and O–H groups in total. The van der Waals surface area contributed by atoms with Crippen LogP contribution in [0.3, 0.4) is 0 Å². The SMILES string of the molecule is Cc1nc2ccc(C(=O)NS(=O)(=O)c3ccc(Br)s3)nc2n1Cc1ccc(OCCC2CCCCC2)cc1Cl. The summed E-state index contributed by atoms with van der Waals surface area (Å²) in [6.45, 7) is 2.90. The van der Waals surface area contributed by atoms with Crippen molar-refractivity contribution in [2.24, 2.45) is 5.92 Å². The summed E-state index contributed by atoms with van der Waals surface area (Å²) in [5.41, 5.74) is 1.87. The highest BCUT2D eigenvalue weighted by Gasteiger charge is 2.22. The number of nitrogens with zero attached hydrogens (tertiary/aromatic N) is 3. The number of sulfonamides is 1. The molecule has 206 valence electrons. The molecule has 1 aliphatic rings. The monoisotopic (exact) mass is 650 g/mol. The maximum Gasteiger partial charge on any atom is 0.283 e. The van der Waals surface area contributed by atoms with E-state index in [9.17, 15) is 13.2 Å². The number of aromatic nitrogens is 3. The Labute approximate surface area is 244 Å². The number of amides is 1. The Morgan fingerprint density at radius 1 is 1.15 bits per heavy atom. The van der Waals surface area contributed by atoms with E-state index in [2.05, 4.69) is 30.6 Å². The molecule has 4 aromatic rings. The number of carbonyl (C=O) groups excluding carboxylic acids is 1. The molecule has 1 aliphatic carbocycles. The smallest absolute Gasteiger partial charge is 0.283 e. The van der Waals surface area contributed by atoms with Crippen LogP contribution in [0.4, 0.5) is 0 Å². The zero-order valence-corrected chi connectivity index (χ0v) is 25.3. The second kappa shape index (κ2) is 12.0. The van der Waals surface area contributed by atoms with Crippen molar-refractivity contribution in [1.82, 2.24) is 19.3 Å². The van der Waals surface area contributed by atoms with Crippen molar-refractivity contribution >= 4 is 66.0 Å². The Morgan fingerprint density at radius 2 is 1.95 bits per heavy atom. The van der Waals surface area contributed by atoms with Crippen LogP contribution < -0.4 is 9.46 Å². The lowest BCUT2D eigenvalue weighted by Crippen LogP contribution is -2.30. The van der Waals surface area contributed by atoms with Crippen LogP contribution in [0.2, 0.25) is 5.02 Å². The molecular weight excluding hydrogens is 624 g/mol. The minimum Gasteiger partial charge on any atom is -0.494 e. The van der Waals surface area contributed by atoms with Gasteiger partial charge in [-0.3, -0.25) is 4.79 Å². The third-order valence-corrected chi connectivity index (χ3v) is 10.7. The zero-order chi connectivity index (χ0) is 27.6. The van der Waals surface area contributed by atoms with E-state index in [1.54, 1.807) is 12.1 Å². The van der Waals surface area contributed by atoms with Gasteiger partial charge in [0.1, 0.15) is 27.0 Å². The minimum absolute atomic E-state index is 0.0285. The number of benzene rings is 1. The lowest BCUT2D eigenvalue weighted by molar-refractivity contribution is 0.0977. The third-order valence-electron chi connectivity index (χ3n) is 6.93. The van der Waals surface area contributed by atoms with Crippen molar-refractivity contribution in [3.8, 4) is 5.75 Å². The maximum absolute atomic E-state index is 12.8. The summed E-state index contributed by atoms with van der Waals surface area (Å²) in [5, 5.41) is 0.563. The molecule has 1 saturated carbocycles. The summed E-state index contributed by atoms with van der Waals surface area (Å²) in [4.78, 5) is 21.8. The molecule has 0 saturated heterocycles. The fourth-order valence-corrected chi connectivity index (χ4v) is 8.03. The van der Waals surface area contributed by atoms with Crippen molar-refractivity contribution in [3.05, 3.63) is 68.4 Å². The van der Waals surface area contributed by atoms with E-state index in [-0.39, 0.29) is 9.90 Å². The molecule has 0 aliphatic heterocycles. The molecule has 1 fully saturated rings. The predicted molar refractivity (Wildman–Crippen MR) is 156 cm³/mol. The van der Waals surface area contributed by atoms with Gasteiger partial charge in [-0.1, -0.05) is 49.8 Å². The predicted octanol–water partition coefficient (Wildman–Crippen LogP) is 6.73. The van der Waals surface area contributed by atoms with Crippen molar-refractivity contribution in [3.63, 3.8) is 0 Å². The quantitative estimate of drug-likeness (QED) is 0.215. The minimum atomic E-state index is -4.02. The van der Waals surface area contributed by atoms with Gasteiger partial charge in [-0.15, -0.1) is 11.3 Å². The molecule has 1 amide bonds. The van der Waals surface area contributed by atoms with Crippen LogP contribution in [-0.4, -0.2) is 35.5 Å². The zero-order valence-electron chi connectivity index (χ0n) is 21.3. The molecule has 0 spiro atoms. The van der Waals surface area contributed by atoms with Gasteiger partial charge in [0.2, 0.25) is 0 Å². The fourth-order valence-electron chi connectivity index (χ4n) is 4.83. The topological polar surface area (TPSA) is 103 Å². The van der Waals surface area contributed by atoms with E-state index in [4.69, 9.17) is 16.3 Å². The van der Waals surface area contributed by atoms with Crippen molar-refractivity contribution in [2.75, 3.05) is 6.61 Å². The molecule has 1 aromatic carbocycles. The van der Waals surface area contributed by atoms with Gasteiger partial charge in [0.05, 0.1) is 16.9 Å². The first-order valence-corrected chi connectivity index (χ1v) is 16.2. The highest BCUT2D eigenvalue weighted by molar-refractivity contribution is 9.11. The van der Waals surface area contributed by atoms with E-state index in [0.29, 0.717) is 38.9 Å². The van der Waals surface area contributed by atoms with Crippen LogP contribution in [-0.2, 0) is 16.6 Å². The number of halogens is 2. The van der Waals surface area contributed by atoms with E-state index < -0.39 is 15.9 Å². The summed E-state index contributed by atoms with van der Waals surface area (Å²) in [7, 11) is -4.02. The van der Waals surface area contributed by atoms with Gasteiger partial charge in [-0.25, -0.2) is 23.1 Å². The highest BCUT2D eigenvalue weighted by Crippen LogP contribution is 2.29. The number of pyridine rings is 1. The largest absolute Gasteiger partial charge is 0.494 e. The lowest BCUT2D eigenvalue weighted by Gasteiger charge is -2.21.